The summed E-state index contributed by atoms with van der Waals surface area (Å²) in [6.07, 6.45) is 6.92. The summed E-state index contributed by atoms with van der Waals surface area (Å²) in [5.41, 5.74) is 0.570. The number of hydrogen-bond acceptors (Lipinski definition) is 2. The summed E-state index contributed by atoms with van der Waals surface area (Å²) in [5, 5.41) is 3.86. The molecule has 88 valence electrons. The Morgan fingerprint density at radius 1 is 1.20 bits per heavy atom. The van der Waals surface area contributed by atoms with Crippen LogP contribution in [0.3, 0.4) is 0 Å². The van der Waals surface area contributed by atoms with Crippen molar-refractivity contribution in [3.63, 3.8) is 0 Å². The van der Waals surface area contributed by atoms with E-state index in [0.717, 1.165) is 12.1 Å². The van der Waals surface area contributed by atoms with Crippen molar-refractivity contribution < 1.29 is 0 Å². The summed E-state index contributed by atoms with van der Waals surface area (Å²) in [7, 11) is 2.23. The molecule has 0 amide bonds. The van der Waals surface area contributed by atoms with E-state index in [0.29, 0.717) is 5.41 Å². The van der Waals surface area contributed by atoms with Gasteiger partial charge in [-0.05, 0) is 44.7 Å². The summed E-state index contributed by atoms with van der Waals surface area (Å²) < 4.78 is 0. The van der Waals surface area contributed by atoms with Gasteiger partial charge in [0.05, 0.1) is 0 Å². The molecule has 2 rings (SSSR count). The highest BCUT2D eigenvalue weighted by Crippen LogP contribution is 2.35. The molecule has 0 radical (unpaired) electrons. The second-order valence-corrected chi connectivity index (χ2v) is 6.37. The summed E-state index contributed by atoms with van der Waals surface area (Å²) in [5.74, 6) is 0. The third-order valence-electron chi connectivity index (χ3n) is 4.07. The topological polar surface area (TPSA) is 15.3 Å². The van der Waals surface area contributed by atoms with Gasteiger partial charge in [-0.15, -0.1) is 0 Å². The second-order valence-electron chi connectivity index (χ2n) is 6.37. The van der Waals surface area contributed by atoms with E-state index in [-0.39, 0.29) is 0 Å². The molecule has 1 saturated heterocycles. The van der Waals surface area contributed by atoms with E-state index in [1.165, 1.54) is 45.2 Å². The summed E-state index contributed by atoms with van der Waals surface area (Å²) in [4.78, 5) is 2.44. The number of rotatable bonds is 2. The van der Waals surface area contributed by atoms with Crippen molar-refractivity contribution in [1.29, 1.82) is 0 Å². The van der Waals surface area contributed by atoms with Crippen LogP contribution < -0.4 is 5.32 Å². The highest BCUT2D eigenvalue weighted by atomic mass is 15.2. The van der Waals surface area contributed by atoms with Crippen LogP contribution in [-0.2, 0) is 0 Å². The van der Waals surface area contributed by atoms with Crippen molar-refractivity contribution in [2.75, 3.05) is 20.1 Å². The Morgan fingerprint density at radius 2 is 2.00 bits per heavy atom. The molecular formula is C13H26N2. The fourth-order valence-electron chi connectivity index (χ4n) is 3.24. The normalized spacial score (nSPS) is 37.0. The largest absolute Gasteiger partial charge is 0.310 e. The number of hydrogen-bond donors (Lipinski definition) is 1. The predicted molar refractivity (Wildman–Crippen MR) is 65.1 cm³/mol. The van der Waals surface area contributed by atoms with Crippen LogP contribution in [-0.4, -0.2) is 37.1 Å². The minimum atomic E-state index is 0.570. The lowest BCUT2D eigenvalue weighted by Crippen LogP contribution is -2.43. The fraction of sp³-hybridized carbons (Fsp3) is 1.00. The highest BCUT2D eigenvalue weighted by molar-refractivity contribution is 4.88. The Hall–Kier alpha value is -0.0800. The minimum Gasteiger partial charge on any atom is -0.310 e. The van der Waals surface area contributed by atoms with E-state index < -0.39 is 0 Å². The quantitative estimate of drug-likeness (QED) is 0.752. The first-order valence-corrected chi connectivity index (χ1v) is 6.50. The molecule has 2 fully saturated rings. The van der Waals surface area contributed by atoms with Crippen LogP contribution in [0.4, 0.5) is 0 Å². The molecule has 1 N–H and O–H groups in total. The average molecular weight is 210 g/mol. The van der Waals surface area contributed by atoms with Gasteiger partial charge in [-0.25, -0.2) is 0 Å². The second kappa shape index (κ2) is 4.42. The SMILES string of the molecule is CN1CC[C@@H](N[C@H]2CCCC(C)(C)C2)C1. The monoisotopic (exact) mass is 210 g/mol. The van der Waals surface area contributed by atoms with Gasteiger partial charge in [-0.1, -0.05) is 20.3 Å². The zero-order valence-corrected chi connectivity index (χ0v) is 10.6. The number of nitrogens with zero attached hydrogens (tertiary/aromatic N) is 1. The molecule has 0 spiro atoms. The maximum Gasteiger partial charge on any atom is 0.0209 e. The van der Waals surface area contributed by atoms with Gasteiger partial charge in [-0.3, -0.25) is 0 Å². The van der Waals surface area contributed by atoms with Gasteiger partial charge >= 0.3 is 0 Å². The average Bonchev–Trinajstić information content (AvgIpc) is 2.49. The Labute approximate surface area is 94.4 Å². The molecule has 15 heavy (non-hydrogen) atoms. The van der Waals surface area contributed by atoms with Crippen molar-refractivity contribution in [2.24, 2.45) is 5.41 Å². The summed E-state index contributed by atoms with van der Waals surface area (Å²) in [6.45, 7) is 7.36. The van der Waals surface area contributed by atoms with Gasteiger partial charge < -0.3 is 10.2 Å². The first-order valence-electron chi connectivity index (χ1n) is 6.50. The van der Waals surface area contributed by atoms with E-state index >= 15 is 0 Å². The van der Waals surface area contributed by atoms with Gasteiger partial charge in [0.1, 0.15) is 0 Å². The fourth-order valence-corrected chi connectivity index (χ4v) is 3.24. The lowest BCUT2D eigenvalue weighted by atomic mass is 9.75. The molecule has 1 saturated carbocycles. The van der Waals surface area contributed by atoms with E-state index in [4.69, 9.17) is 0 Å². The smallest absolute Gasteiger partial charge is 0.0209 e. The maximum absolute atomic E-state index is 3.86. The molecule has 0 unspecified atom stereocenters. The van der Waals surface area contributed by atoms with Gasteiger partial charge in [-0.2, -0.15) is 0 Å². The van der Waals surface area contributed by atoms with Crippen molar-refractivity contribution >= 4 is 0 Å². The van der Waals surface area contributed by atoms with Gasteiger partial charge in [0, 0.05) is 18.6 Å². The Bertz CT molecular complexity index is 213. The van der Waals surface area contributed by atoms with Gasteiger partial charge in [0.2, 0.25) is 0 Å². The van der Waals surface area contributed by atoms with Crippen LogP contribution in [0.1, 0.15) is 46.0 Å². The van der Waals surface area contributed by atoms with Crippen molar-refractivity contribution in [1.82, 2.24) is 10.2 Å². The molecule has 1 heterocycles. The number of likely N-dealkylation sites (tertiary alicyclic amines) is 1. The first-order chi connectivity index (χ1) is 7.05. The number of likely N-dealkylation sites (N-methyl/N-ethyl adjacent to an activating group) is 1. The van der Waals surface area contributed by atoms with Crippen LogP contribution in [0.25, 0.3) is 0 Å². The lowest BCUT2D eigenvalue weighted by molar-refractivity contribution is 0.189. The molecule has 2 aliphatic rings. The lowest BCUT2D eigenvalue weighted by Gasteiger charge is -2.37. The Morgan fingerprint density at radius 3 is 2.60 bits per heavy atom. The maximum atomic E-state index is 3.86. The van der Waals surface area contributed by atoms with E-state index in [9.17, 15) is 0 Å². The Balaban J connectivity index is 1.79. The third-order valence-corrected chi connectivity index (χ3v) is 4.07. The van der Waals surface area contributed by atoms with E-state index in [1.54, 1.807) is 0 Å². The molecule has 0 aromatic heterocycles. The van der Waals surface area contributed by atoms with Crippen LogP contribution in [0.15, 0.2) is 0 Å². The van der Waals surface area contributed by atoms with Crippen LogP contribution in [0.2, 0.25) is 0 Å². The summed E-state index contributed by atoms with van der Waals surface area (Å²) >= 11 is 0. The minimum absolute atomic E-state index is 0.570. The molecule has 1 aliphatic heterocycles. The molecule has 2 atom stereocenters. The predicted octanol–water partition coefficient (Wildman–Crippen LogP) is 2.25. The standard InChI is InChI=1S/C13H26N2/c1-13(2)7-4-5-11(9-13)14-12-6-8-15(3)10-12/h11-12,14H,4-10H2,1-3H3/t11-,12+/m0/s1. The van der Waals surface area contributed by atoms with Crippen molar-refractivity contribution in [2.45, 2.75) is 58.0 Å². The third kappa shape index (κ3) is 3.18. The van der Waals surface area contributed by atoms with Gasteiger partial charge in [0.15, 0.2) is 0 Å². The van der Waals surface area contributed by atoms with Crippen LogP contribution in [0, 0.1) is 5.41 Å². The zero-order chi connectivity index (χ0) is 10.9. The van der Waals surface area contributed by atoms with Crippen LogP contribution in [0.5, 0.6) is 0 Å². The van der Waals surface area contributed by atoms with Crippen LogP contribution >= 0.6 is 0 Å². The molecule has 0 bridgehead atoms. The molecule has 0 aromatic rings. The molecule has 0 aromatic carbocycles. The molecule has 2 heteroatoms. The summed E-state index contributed by atoms with van der Waals surface area (Å²) in [6, 6.07) is 1.54. The van der Waals surface area contributed by atoms with E-state index in [1.807, 2.05) is 0 Å². The molecular weight excluding hydrogens is 184 g/mol. The van der Waals surface area contributed by atoms with E-state index in [2.05, 4.69) is 31.1 Å². The van der Waals surface area contributed by atoms with Crippen molar-refractivity contribution in [3.05, 3.63) is 0 Å². The first kappa shape index (κ1) is 11.4. The van der Waals surface area contributed by atoms with Crippen molar-refractivity contribution in [3.8, 4) is 0 Å². The van der Waals surface area contributed by atoms with Gasteiger partial charge in [0.25, 0.3) is 0 Å². The molecule has 1 aliphatic carbocycles. The molecule has 2 nitrogen and oxygen atoms in total. The number of nitrogens with one attached hydrogen (secondary N) is 1. The zero-order valence-electron chi connectivity index (χ0n) is 10.6. The highest BCUT2D eigenvalue weighted by Gasteiger charge is 2.30. The Kier molecular flexibility index (Phi) is 3.36.